The first-order valence-electron chi connectivity index (χ1n) is 20.0. The molecule has 0 saturated heterocycles. The molecule has 12 aromatic rings. The summed E-state index contributed by atoms with van der Waals surface area (Å²) in [4.78, 5) is 0. The van der Waals surface area contributed by atoms with Gasteiger partial charge in [0.1, 0.15) is 16.7 Å². The van der Waals surface area contributed by atoms with E-state index in [9.17, 15) is 0 Å². The molecule has 0 spiro atoms. The van der Waals surface area contributed by atoms with Gasteiger partial charge < -0.3 is 18.0 Å². The van der Waals surface area contributed by atoms with E-state index in [1.165, 1.54) is 27.4 Å². The van der Waals surface area contributed by atoms with Gasteiger partial charge in [-0.05, 0) is 102 Å². The summed E-state index contributed by atoms with van der Waals surface area (Å²) in [5.74, 6) is 0. The lowest BCUT2D eigenvalue weighted by Crippen LogP contribution is -1.97. The number of fused-ring (bicyclic) bond motifs is 11. The summed E-state index contributed by atoms with van der Waals surface area (Å²) in [5.41, 5.74) is 16.1. The lowest BCUT2D eigenvalue weighted by molar-refractivity contribution is 0.669. The van der Waals surface area contributed by atoms with Crippen LogP contribution in [0.15, 0.2) is 197 Å². The summed E-state index contributed by atoms with van der Waals surface area (Å²) in [6.07, 6.45) is 4.23. The molecule has 0 atom stereocenters. The van der Waals surface area contributed by atoms with Crippen LogP contribution >= 0.6 is 0 Å². The third kappa shape index (κ3) is 5.03. The van der Waals surface area contributed by atoms with E-state index in [0.717, 1.165) is 94.1 Å². The van der Waals surface area contributed by atoms with Crippen molar-refractivity contribution in [3.05, 3.63) is 205 Å². The first kappa shape index (κ1) is 33.3. The van der Waals surface area contributed by atoms with Crippen molar-refractivity contribution in [3.63, 3.8) is 0 Å². The van der Waals surface area contributed by atoms with Crippen molar-refractivity contribution >= 4 is 88.2 Å². The number of furan rings is 2. The van der Waals surface area contributed by atoms with E-state index in [-0.39, 0.29) is 0 Å². The lowest BCUT2D eigenvalue weighted by atomic mass is 9.99. The Morgan fingerprint density at radius 2 is 1.02 bits per heavy atom. The van der Waals surface area contributed by atoms with Crippen LogP contribution in [0.5, 0.6) is 0 Å². The minimum atomic E-state index is 0.887. The van der Waals surface area contributed by atoms with Crippen LogP contribution in [0.4, 0.5) is 0 Å². The van der Waals surface area contributed by atoms with Crippen molar-refractivity contribution in [2.45, 2.75) is 6.92 Å². The van der Waals surface area contributed by atoms with E-state index in [0.29, 0.717) is 0 Å². The van der Waals surface area contributed by atoms with Crippen LogP contribution in [0.3, 0.4) is 0 Å². The molecule has 0 aliphatic carbocycles. The Balaban J connectivity index is 0.914. The normalized spacial score (nSPS) is 12.3. The van der Waals surface area contributed by atoms with Gasteiger partial charge in [-0.1, -0.05) is 122 Å². The van der Waals surface area contributed by atoms with Crippen molar-refractivity contribution in [1.29, 1.82) is 0 Å². The number of hydrogen-bond donors (Lipinski definition) is 0. The molecule has 8 aromatic carbocycles. The maximum atomic E-state index is 6.57. The Morgan fingerprint density at radius 1 is 0.475 bits per heavy atom. The zero-order valence-electron chi connectivity index (χ0n) is 32.3. The second kappa shape index (κ2) is 12.9. The fourth-order valence-electron chi connectivity index (χ4n) is 9.33. The van der Waals surface area contributed by atoms with Crippen LogP contribution in [0.1, 0.15) is 16.8 Å². The minimum absolute atomic E-state index is 0.887. The van der Waals surface area contributed by atoms with Gasteiger partial charge in [-0.15, -0.1) is 0 Å². The van der Waals surface area contributed by atoms with Gasteiger partial charge in [0, 0.05) is 60.3 Å². The number of hydrogen-bond acceptors (Lipinski definition) is 2. The van der Waals surface area contributed by atoms with Gasteiger partial charge in [-0.2, -0.15) is 0 Å². The number of nitrogens with zero attached hydrogens (tertiary/aromatic N) is 2. The zero-order chi connectivity index (χ0) is 39.2. The predicted molar refractivity (Wildman–Crippen MR) is 247 cm³/mol. The molecule has 4 heterocycles. The van der Waals surface area contributed by atoms with Gasteiger partial charge in [0.15, 0.2) is 5.58 Å². The first-order chi connectivity index (χ1) is 29.1. The molecule has 0 N–H and O–H groups in total. The maximum absolute atomic E-state index is 6.57. The van der Waals surface area contributed by atoms with Gasteiger partial charge in [-0.3, -0.25) is 0 Å². The van der Waals surface area contributed by atoms with Crippen molar-refractivity contribution in [1.82, 2.24) is 9.13 Å². The Kier molecular flexibility index (Phi) is 7.26. The van der Waals surface area contributed by atoms with E-state index < -0.39 is 0 Å². The molecular formula is C55H36N2O2. The number of para-hydroxylation sites is 4. The average Bonchev–Trinajstić information content (AvgIpc) is 4.03. The molecule has 59 heavy (non-hydrogen) atoms. The van der Waals surface area contributed by atoms with Crippen LogP contribution in [0.2, 0.25) is 0 Å². The van der Waals surface area contributed by atoms with Crippen molar-refractivity contribution in [2.24, 2.45) is 0 Å². The number of rotatable bonds is 6. The van der Waals surface area contributed by atoms with Gasteiger partial charge in [0.25, 0.3) is 0 Å². The Bertz CT molecular complexity index is 3680. The Hall–Kier alpha value is -7.82. The molecule has 0 saturated carbocycles. The molecule has 0 fully saturated rings. The van der Waals surface area contributed by atoms with Crippen LogP contribution in [0.25, 0.3) is 111 Å². The molecule has 0 amide bonds. The van der Waals surface area contributed by atoms with Crippen LogP contribution in [0, 0.1) is 6.92 Å². The largest absolute Gasteiger partial charge is 0.456 e. The van der Waals surface area contributed by atoms with E-state index >= 15 is 0 Å². The molecule has 0 aliphatic rings. The highest BCUT2D eigenvalue weighted by molar-refractivity contribution is 6.21. The molecule has 4 aromatic heterocycles. The molecule has 0 bridgehead atoms. The molecule has 278 valence electrons. The van der Waals surface area contributed by atoms with Crippen LogP contribution in [-0.4, -0.2) is 9.13 Å². The van der Waals surface area contributed by atoms with E-state index in [1.54, 1.807) is 0 Å². The highest BCUT2D eigenvalue weighted by atomic mass is 16.3. The zero-order valence-corrected chi connectivity index (χ0v) is 32.3. The average molecular weight is 757 g/mol. The van der Waals surface area contributed by atoms with E-state index in [1.807, 2.05) is 24.3 Å². The summed E-state index contributed by atoms with van der Waals surface area (Å²) >= 11 is 0. The minimum Gasteiger partial charge on any atom is -0.456 e. The van der Waals surface area contributed by atoms with Gasteiger partial charge in [0.05, 0.1) is 16.6 Å². The summed E-state index contributed by atoms with van der Waals surface area (Å²) in [5, 5.41) is 8.08. The van der Waals surface area contributed by atoms with Crippen molar-refractivity contribution < 1.29 is 8.83 Å². The maximum Gasteiger partial charge on any atom is 0.160 e. The second-order valence-corrected chi connectivity index (χ2v) is 15.3. The second-order valence-electron chi connectivity index (χ2n) is 15.3. The third-order valence-corrected chi connectivity index (χ3v) is 12.2. The van der Waals surface area contributed by atoms with Crippen molar-refractivity contribution in [3.8, 4) is 22.5 Å². The van der Waals surface area contributed by atoms with E-state index in [4.69, 9.17) is 8.83 Å². The standard InChI is InChI=1S/C55H36N2O2/c1-3-35(38-24-31-53-48(33-38)44-15-7-10-18-51(44)58-53)32-47-34(2)56(49-16-8-5-13-42(47)49)39-25-20-36(21-26-39)37-22-27-40(28-23-37)57-50-17-9-4-12-41(50)45-29-30-46-43-14-6-11-19-52(43)59-55(46)54(45)57/h3-33H,1H2,2H3/b35-32+. The fourth-order valence-corrected chi connectivity index (χ4v) is 9.33. The highest BCUT2D eigenvalue weighted by Crippen LogP contribution is 2.41. The Morgan fingerprint density at radius 3 is 1.71 bits per heavy atom. The summed E-state index contributed by atoms with van der Waals surface area (Å²) in [7, 11) is 0. The SMILES string of the molecule is C=C/C(=C\c1c(C)n(-c2ccc(-c3ccc(-n4c5ccccc5c5ccc6c7ccccc7oc6c54)cc3)cc2)c2ccccc12)c1ccc2oc3ccccc3c2c1. The molecular weight excluding hydrogens is 721 g/mol. The van der Waals surface area contributed by atoms with Crippen molar-refractivity contribution in [2.75, 3.05) is 0 Å². The Labute approximate surface area is 339 Å². The van der Waals surface area contributed by atoms with Gasteiger partial charge in [0.2, 0.25) is 0 Å². The lowest BCUT2D eigenvalue weighted by Gasteiger charge is -2.12. The monoisotopic (exact) mass is 756 g/mol. The third-order valence-electron chi connectivity index (χ3n) is 12.2. The summed E-state index contributed by atoms with van der Waals surface area (Å²) in [6.45, 7) is 6.45. The van der Waals surface area contributed by atoms with Crippen LogP contribution < -0.4 is 0 Å². The summed E-state index contributed by atoms with van der Waals surface area (Å²) < 4.78 is 17.4. The molecule has 4 nitrogen and oxygen atoms in total. The quantitative estimate of drug-likeness (QED) is 0.158. The fraction of sp³-hybridized carbons (Fsp3) is 0.0182. The molecule has 4 heteroatoms. The summed E-state index contributed by atoms with van der Waals surface area (Å²) in [6, 6.07) is 62.5. The number of benzene rings is 8. The predicted octanol–water partition coefficient (Wildman–Crippen LogP) is 15.2. The molecule has 0 aliphatic heterocycles. The molecule has 0 radical (unpaired) electrons. The molecule has 12 rings (SSSR count). The topological polar surface area (TPSA) is 36.1 Å². The molecule has 0 unspecified atom stereocenters. The van der Waals surface area contributed by atoms with Gasteiger partial charge >= 0.3 is 0 Å². The first-order valence-corrected chi connectivity index (χ1v) is 20.0. The van der Waals surface area contributed by atoms with Crippen LogP contribution in [-0.2, 0) is 0 Å². The van der Waals surface area contributed by atoms with Gasteiger partial charge in [-0.25, -0.2) is 0 Å². The smallest absolute Gasteiger partial charge is 0.160 e. The number of allylic oxidation sites excluding steroid dienone is 2. The highest BCUT2D eigenvalue weighted by Gasteiger charge is 2.20. The number of aromatic nitrogens is 2. The van der Waals surface area contributed by atoms with E-state index in [2.05, 4.69) is 186 Å².